The number of likely N-dealkylation sites (tertiary alicyclic amines) is 1. The van der Waals surface area contributed by atoms with E-state index in [0.717, 1.165) is 17.4 Å². The van der Waals surface area contributed by atoms with E-state index in [1.807, 2.05) is 48.5 Å². The molecule has 7 atom stereocenters. The number of benzene rings is 2. The largest absolute Gasteiger partial charge is 0.423 e. The molecule has 2 amide bonds. The number of esters is 1. The molecule has 6 nitrogen and oxygen atoms in total. The summed E-state index contributed by atoms with van der Waals surface area (Å²) in [6.45, 7) is 0. The summed E-state index contributed by atoms with van der Waals surface area (Å²) in [6, 6.07) is 17.6. The van der Waals surface area contributed by atoms with Crippen LogP contribution < -0.4 is 4.74 Å². The Morgan fingerprint density at radius 1 is 0.914 bits per heavy atom. The van der Waals surface area contributed by atoms with Crippen LogP contribution in [0.15, 0.2) is 79.0 Å². The van der Waals surface area contributed by atoms with Gasteiger partial charge in [0.15, 0.2) is 5.75 Å². The van der Waals surface area contributed by atoms with Gasteiger partial charge in [0.2, 0.25) is 11.8 Å². The van der Waals surface area contributed by atoms with E-state index in [1.165, 1.54) is 4.90 Å². The zero-order valence-electron chi connectivity index (χ0n) is 19.0. The van der Waals surface area contributed by atoms with E-state index in [-0.39, 0.29) is 41.9 Å². The molecule has 1 saturated heterocycles. The third-order valence-corrected chi connectivity index (χ3v) is 8.36. The maximum atomic E-state index is 13.8. The van der Waals surface area contributed by atoms with E-state index in [4.69, 9.17) is 4.74 Å². The number of imide groups is 1. The Hall–Kier alpha value is -3.80. The molecule has 1 aliphatic heterocycles. The highest BCUT2D eigenvalue weighted by Gasteiger charge is 2.68. The second kappa shape index (κ2) is 7.60. The van der Waals surface area contributed by atoms with Crippen LogP contribution in [0, 0.1) is 35.5 Å². The number of rotatable bonds is 5. The molecule has 2 saturated carbocycles. The number of nitrogens with zero attached hydrogens (tertiary/aromatic N) is 2. The SMILES string of the molecule is O=C(Oc1cccc2cccnc12)[C@H](Cc1ccccc1)N1C(=O)[C@@H]2[C@H]3C=C[C@@H]([C@@H]4C[C@H]34)[C@H]2C1=O. The smallest absolute Gasteiger partial charge is 0.335 e. The zero-order chi connectivity index (χ0) is 23.7. The molecule has 6 heteroatoms. The number of aromatic nitrogens is 1. The Bertz CT molecular complexity index is 1360. The highest BCUT2D eigenvalue weighted by atomic mass is 16.5. The van der Waals surface area contributed by atoms with Crippen LogP contribution in [-0.2, 0) is 20.8 Å². The van der Waals surface area contributed by atoms with Crippen molar-refractivity contribution in [1.82, 2.24) is 9.88 Å². The number of carbonyl (C=O) groups excluding carboxylic acids is 3. The number of ether oxygens (including phenoxy) is 1. The van der Waals surface area contributed by atoms with Gasteiger partial charge in [0.05, 0.1) is 11.8 Å². The van der Waals surface area contributed by atoms with Crippen LogP contribution in [0.5, 0.6) is 5.75 Å². The molecule has 4 aliphatic carbocycles. The fraction of sp³-hybridized carbons (Fsp3) is 0.310. The molecule has 174 valence electrons. The normalized spacial score (nSPS) is 30.8. The van der Waals surface area contributed by atoms with Gasteiger partial charge < -0.3 is 4.74 Å². The van der Waals surface area contributed by atoms with Gasteiger partial charge in [-0.2, -0.15) is 0 Å². The molecule has 0 radical (unpaired) electrons. The lowest BCUT2D eigenvalue weighted by Gasteiger charge is -2.37. The van der Waals surface area contributed by atoms with Crippen LogP contribution in [0.2, 0.25) is 0 Å². The first-order chi connectivity index (χ1) is 17.1. The van der Waals surface area contributed by atoms with Crippen LogP contribution in [0.1, 0.15) is 12.0 Å². The van der Waals surface area contributed by atoms with Crippen molar-refractivity contribution >= 4 is 28.7 Å². The van der Waals surface area contributed by atoms with Crippen molar-refractivity contribution in [3.63, 3.8) is 0 Å². The summed E-state index contributed by atoms with van der Waals surface area (Å²) >= 11 is 0. The zero-order valence-corrected chi connectivity index (χ0v) is 19.0. The fourth-order valence-corrected chi connectivity index (χ4v) is 6.74. The van der Waals surface area contributed by atoms with Gasteiger partial charge in [-0.3, -0.25) is 19.5 Å². The van der Waals surface area contributed by atoms with Crippen molar-refractivity contribution in [3.8, 4) is 5.75 Å². The van der Waals surface area contributed by atoms with Crippen molar-refractivity contribution in [1.29, 1.82) is 0 Å². The number of allylic oxidation sites excluding steroid dienone is 2. The molecule has 0 unspecified atom stereocenters. The summed E-state index contributed by atoms with van der Waals surface area (Å²) in [6.07, 6.45) is 7.24. The Morgan fingerprint density at radius 2 is 1.60 bits per heavy atom. The minimum atomic E-state index is -1.03. The predicted octanol–water partition coefficient (Wildman–Crippen LogP) is 3.80. The van der Waals surface area contributed by atoms with E-state index < -0.39 is 12.0 Å². The number of para-hydroxylation sites is 1. The molecule has 0 N–H and O–H groups in total. The number of hydrogen-bond acceptors (Lipinski definition) is 5. The van der Waals surface area contributed by atoms with Crippen LogP contribution in [0.3, 0.4) is 0 Å². The van der Waals surface area contributed by atoms with Gasteiger partial charge in [-0.15, -0.1) is 0 Å². The summed E-state index contributed by atoms with van der Waals surface area (Å²) in [5.41, 5.74) is 1.43. The van der Waals surface area contributed by atoms with Gasteiger partial charge in [0.1, 0.15) is 11.6 Å². The quantitative estimate of drug-likeness (QED) is 0.248. The Morgan fingerprint density at radius 3 is 2.31 bits per heavy atom. The van der Waals surface area contributed by atoms with Crippen LogP contribution in [0.4, 0.5) is 0 Å². The van der Waals surface area contributed by atoms with Gasteiger partial charge in [-0.05, 0) is 47.8 Å². The minimum absolute atomic E-state index is 0.104. The lowest BCUT2D eigenvalue weighted by atomic mass is 9.63. The first kappa shape index (κ1) is 20.6. The Kier molecular flexibility index (Phi) is 4.47. The molecule has 2 bridgehead atoms. The second-order valence-electron chi connectivity index (χ2n) is 10.2. The first-order valence-corrected chi connectivity index (χ1v) is 12.3. The lowest BCUT2D eigenvalue weighted by Crippen LogP contribution is -2.48. The third-order valence-electron chi connectivity index (χ3n) is 8.36. The van der Waals surface area contributed by atoms with Crippen LogP contribution >= 0.6 is 0 Å². The summed E-state index contributed by atoms with van der Waals surface area (Å²) in [7, 11) is 0. The topological polar surface area (TPSA) is 76.6 Å². The van der Waals surface area contributed by atoms with Crippen molar-refractivity contribution in [3.05, 3.63) is 84.6 Å². The van der Waals surface area contributed by atoms with Gasteiger partial charge in [-0.25, -0.2) is 4.79 Å². The molecule has 2 aromatic carbocycles. The lowest BCUT2D eigenvalue weighted by molar-refractivity contribution is -0.153. The molecule has 0 spiro atoms. The number of fused-ring (bicyclic) bond motifs is 1. The summed E-state index contributed by atoms with van der Waals surface area (Å²) in [4.78, 5) is 46.8. The standard InChI is InChI=1S/C29H24N2O4/c32-27-24-18-11-12-19(21-15-20(18)21)25(24)28(33)31(27)22(14-16-6-2-1-3-7-16)29(34)35-23-10-4-8-17-9-5-13-30-26(17)23/h1-13,18-22,24-25H,14-15H2/t18-,19-,20-,21+,22-,24+,25+/m0/s1. The van der Waals surface area contributed by atoms with Gasteiger partial charge in [-0.1, -0.05) is 60.7 Å². The van der Waals surface area contributed by atoms with Crippen LogP contribution in [0.25, 0.3) is 10.9 Å². The number of amides is 2. The summed E-state index contributed by atoms with van der Waals surface area (Å²) in [5, 5.41) is 0.846. The maximum absolute atomic E-state index is 13.8. The Labute approximate surface area is 202 Å². The molecule has 35 heavy (non-hydrogen) atoms. The van der Waals surface area contributed by atoms with Gasteiger partial charge >= 0.3 is 5.97 Å². The number of hydrogen-bond donors (Lipinski definition) is 0. The van der Waals surface area contributed by atoms with E-state index in [0.29, 0.717) is 23.1 Å². The van der Waals surface area contributed by atoms with E-state index in [1.54, 1.807) is 18.3 Å². The van der Waals surface area contributed by atoms with Crippen molar-refractivity contribution in [2.45, 2.75) is 18.9 Å². The van der Waals surface area contributed by atoms with Gasteiger partial charge in [0, 0.05) is 18.0 Å². The molecular weight excluding hydrogens is 440 g/mol. The molecule has 3 aromatic rings. The van der Waals surface area contributed by atoms with E-state index in [2.05, 4.69) is 17.1 Å². The average Bonchev–Trinajstić information content (AvgIpc) is 3.67. The van der Waals surface area contributed by atoms with Crippen molar-refractivity contribution < 1.29 is 19.1 Å². The van der Waals surface area contributed by atoms with E-state index >= 15 is 0 Å². The first-order valence-electron chi connectivity index (χ1n) is 12.3. The highest BCUT2D eigenvalue weighted by Crippen LogP contribution is 2.65. The van der Waals surface area contributed by atoms with Crippen molar-refractivity contribution in [2.24, 2.45) is 35.5 Å². The van der Waals surface area contributed by atoms with E-state index in [9.17, 15) is 14.4 Å². The second-order valence-corrected chi connectivity index (χ2v) is 10.2. The summed E-state index contributed by atoms with van der Waals surface area (Å²) < 4.78 is 5.86. The maximum Gasteiger partial charge on any atom is 0.335 e. The minimum Gasteiger partial charge on any atom is -0.423 e. The molecular formula is C29H24N2O4. The van der Waals surface area contributed by atoms with Crippen LogP contribution in [-0.4, -0.2) is 33.7 Å². The Balaban J connectivity index is 1.25. The molecule has 1 aromatic heterocycles. The fourth-order valence-electron chi connectivity index (χ4n) is 6.74. The monoisotopic (exact) mass is 464 g/mol. The van der Waals surface area contributed by atoms with Crippen molar-refractivity contribution in [2.75, 3.05) is 0 Å². The highest BCUT2D eigenvalue weighted by molar-refractivity contribution is 6.09. The predicted molar refractivity (Wildman–Crippen MR) is 128 cm³/mol. The molecule has 8 rings (SSSR count). The number of pyridine rings is 1. The third kappa shape index (κ3) is 3.09. The van der Waals surface area contributed by atoms with Gasteiger partial charge in [0.25, 0.3) is 0 Å². The molecule has 5 aliphatic rings. The summed E-state index contributed by atoms with van der Waals surface area (Å²) in [5.74, 6) is -0.230. The molecule has 2 heterocycles. The number of carbonyl (C=O) groups is 3. The average molecular weight is 465 g/mol. The molecule has 3 fully saturated rings.